The van der Waals surface area contributed by atoms with Gasteiger partial charge >= 0.3 is 5.69 Å². The molecule has 0 aliphatic carbocycles. The van der Waals surface area contributed by atoms with Crippen LogP contribution in [-0.4, -0.2) is 51.7 Å². The monoisotopic (exact) mass is 583 g/mol. The second-order valence-corrected chi connectivity index (χ2v) is 10.3. The maximum absolute atomic E-state index is 15.0. The number of amidine groups is 1. The number of aliphatic imine (C=N–C) groups is 1. The Bertz CT molecular complexity index is 1510. The number of aromatic nitrogens is 3. The maximum atomic E-state index is 15.0. The fourth-order valence-corrected chi connectivity index (χ4v) is 4.65. The molecule has 0 bridgehead atoms. The molecule has 7 N–H and O–H groups in total. The number of aliphatic hydroxyl groups is 1. The Balaban J connectivity index is 0.00000226. The first-order valence-corrected chi connectivity index (χ1v) is 14.0. The van der Waals surface area contributed by atoms with E-state index in [0.717, 1.165) is 50.5 Å². The number of nitrogens with two attached hydrogens (primary N) is 2. The third-order valence-corrected chi connectivity index (χ3v) is 6.70. The minimum absolute atomic E-state index is 0.0585. The van der Waals surface area contributed by atoms with Gasteiger partial charge in [-0.1, -0.05) is 23.7 Å². The number of nitrogens with one attached hydrogen (secondary N) is 2. The zero-order valence-corrected chi connectivity index (χ0v) is 24.5. The largest absolute Gasteiger partial charge is 0.400 e. The van der Waals surface area contributed by atoms with Crippen molar-refractivity contribution in [1.82, 2.24) is 19.9 Å². The normalized spacial score (nSPS) is 12.3. The molecular weight excluding hydrogens is 545 g/mol. The number of hydrogen-bond donors (Lipinski definition) is 5. The summed E-state index contributed by atoms with van der Waals surface area (Å²) in [5, 5.41) is 11.1. The van der Waals surface area contributed by atoms with E-state index in [9.17, 15) is 4.79 Å². The van der Waals surface area contributed by atoms with Crippen LogP contribution in [0, 0.1) is 5.82 Å². The fourth-order valence-electron chi connectivity index (χ4n) is 4.40. The van der Waals surface area contributed by atoms with E-state index in [2.05, 4.69) is 20.3 Å². The summed E-state index contributed by atoms with van der Waals surface area (Å²) in [6.45, 7) is 5.98. The molecule has 220 valence electrons. The number of H-pyrrole nitrogens is 1. The summed E-state index contributed by atoms with van der Waals surface area (Å²) in [5.74, 6) is 0.0831. The summed E-state index contributed by atoms with van der Waals surface area (Å²) in [7, 11) is 1.00. The number of aryl methyl sites for hydroxylation is 1. The Morgan fingerprint density at radius 1 is 1.20 bits per heavy atom. The van der Waals surface area contributed by atoms with E-state index in [1.807, 2.05) is 31.2 Å². The summed E-state index contributed by atoms with van der Waals surface area (Å²) >= 11 is 6.22. The molecule has 2 heterocycles. The number of fused-ring (bicyclic) bond motifs is 1. The van der Waals surface area contributed by atoms with Gasteiger partial charge in [0.05, 0.1) is 22.2 Å². The Morgan fingerprint density at radius 3 is 2.61 bits per heavy atom. The van der Waals surface area contributed by atoms with Crippen molar-refractivity contribution in [2.45, 2.75) is 52.1 Å². The summed E-state index contributed by atoms with van der Waals surface area (Å²) in [5.41, 5.74) is 14.9. The molecular formula is C30H39ClFN7O2. The molecule has 2 aromatic carbocycles. The van der Waals surface area contributed by atoms with E-state index < -0.39 is 11.5 Å². The molecule has 0 aliphatic heterocycles. The predicted octanol–water partition coefficient (Wildman–Crippen LogP) is 4.31. The van der Waals surface area contributed by atoms with Gasteiger partial charge in [-0.3, -0.25) is 9.56 Å². The van der Waals surface area contributed by atoms with Crippen LogP contribution in [0.5, 0.6) is 0 Å². The van der Waals surface area contributed by atoms with Crippen LogP contribution in [0.15, 0.2) is 58.4 Å². The highest BCUT2D eigenvalue weighted by Crippen LogP contribution is 2.31. The lowest BCUT2D eigenvalue weighted by atomic mass is 10.0. The van der Waals surface area contributed by atoms with E-state index >= 15 is 4.39 Å². The first-order valence-electron chi connectivity index (χ1n) is 13.6. The van der Waals surface area contributed by atoms with E-state index in [-0.39, 0.29) is 11.1 Å². The van der Waals surface area contributed by atoms with Crippen molar-refractivity contribution < 1.29 is 9.50 Å². The van der Waals surface area contributed by atoms with Crippen molar-refractivity contribution in [3.63, 3.8) is 0 Å². The Kier molecular flexibility index (Phi) is 12.0. The van der Waals surface area contributed by atoms with Crippen LogP contribution in [0.4, 0.5) is 4.39 Å². The first-order chi connectivity index (χ1) is 19.7. The van der Waals surface area contributed by atoms with Crippen molar-refractivity contribution in [3.05, 3.63) is 81.1 Å². The second kappa shape index (κ2) is 15.4. The predicted molar refractivity (Wildman–Crippen MR) is 165 cm³/mol. The molecule has 11 heteroatoms. The Morgan fingerprint density at radius 2 is 1.93 bits per heavy atom. The van der Waals surface area contributed by atoms with E-state index in [1.54, 1.807) is 31.3 Å². The molecule has 0 aliphatic rings. The Hall–Kier alpha value is -3.57. The zero-order valence-electron chi connectivity index (χ0n) is 23.8. The summed E-state index contributed by atoms with van der Waals surface area (Å²) in [6.07, 6.45) is 5.11. The van der Waals surface area contributed by atoms with Crippen molar-refractivity contribution in [2.24, 2.45) is 16.5 Å². The van der Waals surface area contributed by atoms with Gasteiger partial charge in [-0.2, -0.15) is 4.98 Å². The van der Waals surface area contributed by atoms with Crippen LogP contribution in [0.1, 0.15) is 44.2 Å². The SMILES string of the molecule is CC(N)=NCCCNCc1ccc(-n2cc3cc(-c4cc(CCCC(C)N)cc(Cl)c4F)[nH]c3nc2=O)cc1.CO. The lowest BCUT2D eigenvalue weighted by molar-refractivity contribution is 0.399. The standard InChI is InChI=1S/C29H35ClFN7O.CH4O/c1-18(32)5-3-6-21-13-24(27(31)25(30)14-21)26-15-22-17-38(29(39)37-28(22)36-26)23-9-7-20(8-10-23)16-34-11-4-12-35-19(2)33;1-2/h7-10,13-15,17-18,34H,3-6,11-12,16,32H2,1-2H3,(H2,33,35)(H,36,37,39);2H,1H3. The fraction of sp³-hybridized carbons (Fsp3) is 0.367. The van der Waals surface area contributed by atoms with Crippen molar-refractivity contribution in [3.8, 4) is 16.9 Å². The maximum Gasteiger partial charge on any atom is 0.354 e. The molecule has 0 spiro atoms. The van der Waals surface area contributed by atoms with Gasteiger partial charge in [-0.25, -0.2) is 9.18 Å². The molecule has 0 radical (unpaired) electrons. The summed E-state index contributed by atoms with van der Waals surface area (Å²) < 4.78 is 16.5. The third kappa shape index (κ3) is 8.96. The number of rotatable bonds is 12. The quantitative estimate of drug-likeness (QED) is 0.0954. The van der Waals surface area contributed by atoms with Crippen LogP contribution in [0.2, 0.25) is 5.02 Å². The van der Waals surface area contributed by atoms with Crippen LogP contribution in [-0.2, 0) is 13.0 Å². The molecule has 2 aromatic heterocycles. The minimum Gasteiger partial charge on any atom is -0.400 e. The van der Waals surface area contributed by atoms with E-state index in [0.29, 0.717) is 46.9 Å². The summed E-state index contributed by atoms with van der Waals surface area (Å²) in [6, 6.07) is 13.0. The van der Waals surface area contributed by atoms with Gasteiger partial charge in [0.15, 0.2) is 5.82 Å². The lowest BCUT2D eigenvalue weighted by Crippen LogP contribution is -2.20. The van der Waals surface area contributed by atoms with Crippen LogP contribution in [0.25, 0.3) is 28.0 Å². The van der Waals surface area contributed by atoms with Gasteiger partial charge in [0.1, 0.15) is 5.65 Å². The number of halogens is 2. The lowest BCUT2D eigenvalue weighted by Gasteiger charge is -2.09. The molecule has 4 aromatic rings. The molecule has 0 amide bonds. The highest BCUT2D eigenvalue weighted by molar-refractivity contribution is 6.31. The number of hydrogen-bond acceptors (Lipinski definition) is 6. The van der Waals surface area contributed by atoms with Gasteiger partial charge < -0.3 is 26.9 Å². The summed E-state index contributed by atoms with van der Waals surface area (Å²) in [4.78, 5) is 24.3. The molecule has 0 fully saturated rings. The van der Waals surface area contributed by atoms with E-state index in [4.69, 9.17) is 28.2 Å². The molecule has 1 atom stereocenters. The number of nitrogens with zero attached hydrogens (tertiary/aromatic N) is 3. The van der Waals surface area contributed by atoms with Crippen LogP contribution in [0.3, 0.4) is 0 Å². The molecule has 9 nitrogen and oxygen atoms in total. The average molecular weight is 584 g/mol. The smallest absolute Gasteiger partial charge is 0.354 e. The van der Waals surface area contributed by atoms with Crippen LogP contribution < -0.4 is 22.5 Å². The topological polar surface area (TPSA) is 147 Å². The highest BCUT2D eigenvalue weighted by Gasteiger charge is 2.15. The molecule has 0 saturated carbocycles. The van der Waals surface area contributed by atoms with Crippen molar-refractivity contribution in [1.29, 1.82) is 0 Å². The molecule has 41 heavy (non-hydrogen) atoms. The van der Waals surface area contributed by atoms with E-state index in [1.165, 1.54) is 4.57 Å². The van der Waals surface area contributed by atoms with Gasteiger partial charge in [-0.15, -0.1) is 0 Å². The number of aliphatic hydroxyl groups excluding tert-OH is 1. The molecule has 4 rings (SSSR count). The van der Waals surface area contributed by atoms with Gasteiger partial charge in [0.25, 0.3) is 0 Å². The van der Waals surface area contributed by atoms with Gasteiger partial charge in [0.2, 0.25) is 0 Å². The van der Waals surface area contributed by atoms with Crippen molar-refractivity contribution >= 4 is 28.5 Å². The van der Waals surface area contributed by atoms with Gasteiger partial charge in [0, 0.05) is 43.4 Å². The third-order valence-electron chi connectivity index (χ3n) is 6.43. The highest BCUT2D eigenvalue weighted by atomic mass is 35.5. The number of benzene rings is 2. The van der Waals surface area contributed by atoms with Gasteiger partial charge in [-0.05, 0) is 87.5 Å². The second-order valence-electron chi connectivity index (χ2n) is 9.91. The zero-order chi connectivity index (χ0) is 29.9. The first kappa shape index (κ1) is 32.0. The van der Waals surface area contributed by atoms with Crippen LogP contribution >= 0.6 is 11.6 Å². The Labute approximate surface area is 244 Å². The average Bonchev–Trinajstić information content (AvgIpc) is 3.35. The van der Waals surface area contributed by atoms with Crippen molar-refractivity contribution in [2.75, 3.05) is 20.2 Å². The molecule has 0 saturated heterocycles. The minimum atomic E-state index is -0.513. The molecule has 1 unspecified atom stereocenters. The number of aromatic amines is 1.